The summed E-state index contributed by atoms with van der Waals surface area (Å²) in [6.07, 6.45) is 1.68. The first-order valence-electron chi connectivity index (χ1n) is 7.51. The molecule has 3 rings (SSSR count). The molecule has 0 aliphatic carbocycles. The van der Waals surface area contributed by atoms with Gasteiger partial charge in [0.25, 0.3) is 0 Å². The number of amides is 1. The molecular weight excluding hydrogens is 344 g/mol. The number of nitrogens with zero attached hydrogens (tertiary/aromatic N) is 5. The molecule has 0 radical (unpaired) electrons. The number of hydrogen-bond donors (Lipinski definition) is 1. The highest BCUT2D eigenvalue weighted by molar-refractivity contribution is 6.30. The van der Waals surface area contributed by atoms with Crippen molar-refractivity contribution >= 4 is 17.5 Å². The van der Waals surface area contributed by atoms with Gasteiger partial charge in [-0.3, -0.25) is 9.78 Å². The Hall–Kier alpha value is -3.00. The zero-order valence-electron chi connectivity index (χ0n) is 13.2. The number of pyridine rings is 1. The highest BCUT2D eigenvalue weighted by atomic mass is 35.5. The van der Waals surface area contributed by atoms with E-state index in [9.17, 15) is 4.79 Å². The Balaban J connectivity index is 1.52. The average molecular weight is 359 g/mol. The third kappa shape index (κ3) is 4.98. The molecule has 2 aromatic heterocycles. The number of nitrogens with one attached hydrogen (secondary N) is 1. The summed E-state index contributed by atoms with van der Waals surface area (Å²) >= 11 is 5.83. The number of aromatic nitrogens is 5. The number of halogens is 1. The van der Waals surface area contributed by atoms with Gasteiger partial charge in [-0.2, -0.15) is 0 Å². The smallest absolute Gasteiger partial charge is 0.242 e. The van der Waals surface area contributed by atoms with Gasteiger partial charge < -0.3 is 10.1 Å². The molecule has 1 N–H and O–H groups in total. The molecule has 8 nitrogen and oxygen atoms in total. The first kappa shape index (κ1) is 16.8. The fourth-order valence-electron chi connectivity index (χ4n) is 2.01. The number of benzene rings is 1. The summed E-state index contributed by atoms with van der Waals surface area (Å²) in [7, 11) is 0. The summed E-state index contributed by atoms with van der Waals surface area (Å²) in [6, 6.07) is 12.5. The first-order valence-corrected chi connectivity index (χ1v) is 7.88. The van der Waals surface area contributed by atoms with Crippen LogP contribution in [-0.4, -0.2) is 31.1 Å². The van der Waals surface area contributed by atoms with Crippen molar-refractivity contribution in [2.75, 3.05) is 0 Å². The van der Waals surface area contributed by atoms with Crippen LogP contribution in [0, 0.1) is 0 Å². The van der Waals surface area contributed by atoms with Gasteiger partial charge in [0, 0.05) is 11.2 Å². The van der Waals surface area contributed by atoms with Gasteiger partial charge in [-0.1, -0.05) is 17.7 Å². The highest BCUT2D eigenvalue weighted by Gasteiger charge is 2.11. The van der Waals surface area contributed by atoms with Crippen LogP contribution in [0.15, 0.2) is 48.7 Å². The summed E-state index contributed by atoms with van der Waals surface area (Å²) in [5.74, 6) is 0.868. The molecule has 2 heterocycles. The van der Waals surface area contributed by atoms with Gasteiger partial charge in [0.15, 0.2) is 5.82 Å². The van der Waals surface area contributed by atoms with Crippen molar-refractivity contribution in [3.63, 3.8) is 0 Å². The Kier molecular flexibility index (Phi) is 5.53. The molecule has 0 unspecified atom stereocenters. The van der Waals surface area contributed by atoms with Crippen molar-refractivity contribution in [3.8, 4) is 5.75 Å². The van der Waals surface area contributed by atoms with E-state index in [0.29, 0.717) is 23.1 Å². The van der Waals surface area contributed by atoms with Gasteiger partial charge in [0.1, 0.15) is 18.9 Å². The van der Waals surface area contributed by atoms with Crippen LogP contribution in [0.4, 0.5) is 0 Å². The van der Waals surface area contributed by atoms with E-state index in [1.807, 2.05) is 18.2 Å². The van der Waals surface area contributed by atoms with E-state index in [4.69, 9.17) is 16.3 Å². The van der Waals surface area contributed by atoms with Crippen LogP contribution in [0.5, 0.6) is 5.75 Å². The highest BCUT2D eigenvalue weighted by Crippen LogP contribution is 2.16. The van der Waals surface area contributed by atoms with Crippen molar-refractivity contribution in [3.05, 3.63) is 65.2 Å². The van der Waals surface area contributed by atoms with Gasteiger partial charge >= 0.3 is 0 Å². The fraction of sp³-hybridized carbons (Fsp3) is 0.188. The lowest BCUT2D eigenvalue weighted by Gasteiger charge is -2.08. The maximum Gasteiger partial charge on any atom is 0.242 e. The van der Waals surface area contributed by atoms with Crippen LogP contribution in [-0.2, 0) is 24.5 Å². The molecule has 0 aliphatic rings. The van der Waals surface area contributed by atoms with Crippen LogP contribution in [0.1, 0.15) is 11.5 Å². The topological polar surface area (TPSA) is 94.8 Å². The molecule has 25 heavy (non-hydrogen) atoms. The number of carbonyl (C=O) groups is 1. The number of hydrogen-bond acceptors (Lipinski definition) is 6. The second-order valence-electron chi connectivity index (χ2n) is 5.09. The Morgan fingerprint density at radius 2 is 2.04 bits per heavy atom. The molecule has 0 spiro atoms. The molecule has 0 bridgehead atoms. The lowest BCUT2D eigenvalue weighted by Crippen LogP contribution is -2.28. The minimum absolute atomic E-state index is 0.000848. The van der Waals surface area contributed by atoms with Crippen LogP contribution >= 0.6 is 11.6 Å². The van der Waals surface area contributed by atoms with Gasteiger partial charge in [-0.05, 0) is 46.8 Å². The monoisotopic (exact) mass is 358 g/mol. The number of carbonyl (C=O) groups excluding carboxylic acids is 1. The average Bonchev–Trinajstić information content (AvgIpc) is 3.07. The van der Waals surface area contributed by atoms with E-state index < -0.39 is 0 Å². The SMILES string of the molecule is O=C(Cn1nnnc1COc1ccc(Cl)cc1)NCc1ccccn1. The first-order chi connectivity index (χ1) is 12.2. The van der Waals surface area contributed by atoms with E-state index in [0.717, 1.165) is 5.69 Å². The van der Waals surface area contributed by atoms with E-state index in [-0.39, 0.29) is 19.1 Å². The van der Waals surface area contributed by atoms with Gasteiger partial charge in [0.05, 0.1) is 12.2 Å². The van der Waals surface area contributed by atoms with Crippen molar-refractivity contribution < 1.29 is 9.53 Å². The molecule has 9 heteroatoms. The third-order valence-electron chi connectivity index (χ3n) is 3.27. The summed E-state index contributed by atoms with van der Waals surface area (Å²) in [5, 5.41) is 14.7. The Labute approximate surface area is 148 Å². The van der Waals surface area contributed by atoms with Crippen LogP contribution < -0.4 is 10.1 Å². The maximum atomic E-state index is 12.0. The zero-order valence-corrected chi connectivity index (χ0v) is 13.9. The molecule has 0 fully saturated rings. The summed E-state index contributed by atoms with van der Waals surface area (Å²) in [5.41, 5.74) is 0.777. The predicted octanol–water partition coefficient (Wildman–Crippen LogP) is 1.62. The van der Waals surface area contributed by atoms with E-state index in [1.54, 1.807) is 30.5 Å². The Morgan fingerprint density at radius 1 is 1.20 bits per heavy atom. The van der Waals surface area contributed by atoms with E-state index in [2.05, 4.69) is 25.8 Å². The second-order valence-corrected chi connectivity index (χ2v) is 5.53. The third-order valence-corrected chi connectivity index (χ3v) is 3.53. The molecular formula is C16H15ClN6O2. The lowest BCUT2D eigenvalue weighted by molar-refractivity contribution is -0.122. The standard InChI is InChI=1S/C16H15ClN6O2/c17-12-4-6-14(7-5-12)25-11-15-20-21-22-23(15)10-16(24)19-9-13-3-1-2-8-18-13/h1-8H,9-11H2,(H,19,24). The molecule has 0 atom stereocenters. The quantitative estimate of drug-likeness (QED) is 0.689. The van der Waals surface area contributed by atoms with E-state index in [1.165, 1.54) is 4.68 Å². The molecule has 0 aliphatic heterocycles. The molecule has 1 aromatic carbocycles. The summed E-state index contributed by atoms with van der Waals surface area (Å²) < 4.78 is 6.99. The minimum atomic E-state index is -0.217. The summed E-state index contributed by atoms with van der Waals surface area (Å²) in [6.45, 7) is 0.486. The maximum absolute atomic E-state index is 12.0. The fourth-order valence-corrected chi connectivity index (χ4v) is 2.14. The Bertz CT molecular complexity index is 822. The van der Waals surface area contributed by atoms with Crippen molar-refractivity contribution in [1.29, 1.82) is 0 Å². The molecule has 0 saturated heterocycles. The summed E-state index contributed by atoms with van der Waals surface area (Å²) in [4.78, 5) is 16.2. The Morgan fingerprint density at radius 3 is 2.80 bits per heavy atom. The van der Waals surface area contributed by atoms with Gasteiger partial charge in [0.2, 0.25) is 5.91 Å². The normalized spacial score (nSPS) is 10.4. The number of rotatable bonds is 7. The molecule has 3 aromatic rings. The van der Waals surface area contributed by atoms with Crippen LogP contribution in [0.2, 0.25) is 5.02 Å². The second kappa shape index (κ2) is 8.20. The minimum Gasteiger partial charge on any atom is -0.486 e. The van der Waals surface area contributed by atoms with Gasteiger partial charge in [-0.15, -0.1) is 5.10 Å². The number of ether oxygens (including phenoxy) is 1. The van der Waals surface area contributed by atoms with Crippen molar-refractivity contribution in [2.45, 2.75) is 19.7 Å². The number of tetrazole rings is 1. The molecule has 0 saturated carbocycles. The van der Waals surface area contributed by atoms with E-state index >= 15 is 0 Å². The van der Waals surface area contributed by atoms with Gasteiger partial charge in [-0.25, -0.2) is 4.68 Å². The van der Waals surface area contributed by atoms with Crippen LogP contribution in [0.25, 0.3) is 0 Å². The molecule has 128 valence electrons. The zero-order chi connectivity index (χ0) is 17.5. The van der Waals surface area contributed by atoms with Crippen LogP contribution in [0.3, 0.4) is 0 Å². The van der Waals surface area contributed by atoms with Crippen molar-refractivity contribution in [2.24, 2.45) is 0 Å². The predicted molar refractivity (Wildman–Crippen MR) is 89.7 cm³/mol. The van der Waals surface area contributed by atoms with Crippen molar-refractivity contribution in [1.82, 2.24) is 30.5 Å². The molecule has 1 amide bonds. The lowest BCUT2D eigenvalue weighted by atomic mass is 10.3. The largest absolute Gasteiger partial charge is 0.486 e.